The Morgan fingerprint density at radius 3 is 2.64 bits per heavy atom. The van der Waals surface area contributed by atoms with Gasteiger partial charge >= 0.3 is 0 Å². The van der Waals surface area contributed by atoms with Crippen molar-refractivity contribution in [2.24, 2.45) is 0 Å². The first-order chi connectivity index (χ1) is 15.9. The molecule has 3 aromatic rings. The SMILES string of the molecule is CCCN(CCC)S(=O)(=O)c1ccc2nc(NC(=O)C=Cc3ccc4c(c3)OCO4)sc2c1. The van der Waals surface area contributed by atoms with Crippen molar-refractivity contribution in [3.05, 3.63) is 48.0 Å². The van der Waals surface area contributed by atoms with E-state index < -0.39 is 10.0 Å². The fraction of sp³-hybridized carbons (Fsp3) is 0.304. The maximum atomic E-state index is 13.0. The average Bonchev–Trinajstić information content (AvgIpc) is 3.42. The number of hydrogen-bond donors (Lipinski definition) is 1. The lowest BCUT2D eigenvalue weighted by molar-refractivity contribution is -0.111. The van der Waals surface area contributed by atoms with E-state index in [-0.39, 0.29) is 17.6 Å². The van der Waals surface area contributed by atoms with Gasteiger partial charge in [0.05, 0.1) is 15.1 Å². The Hall–Kier alpha value is -2.95. The molecule has 10 heteroatoms. The van der Waals surface area contributed by atoms with Crippen LogP contribution in [0.4, 0.5) is 5.13 Å². The van der Waals surface area contributed by atoms with Crippen LogP contribution in [0.5, 0.6) is 11.5 Å². The topological polar surface area (TPSA) is 97.8 Å². The van der Waals surface area contributed by atoms with Crippen molar-refractivity contribution in [2.75, 3.05) is 25.2 Å². The summed E-state index contributed by atoms with van der Waals surface area (Å²) in [5.41, 5.74) is 1.43. The Morgan fingerprint density at radius 2 is 1.88 bits per heavy atom. The Labute approximate surface area is 196 Å². The minimum absolute atomic E-state index is 0.193. The van der Waals surface area contributed by atoms with Gasteiger partial charge in [-0.2, -0.15) is 4.31 Å². The molecule has 0 fully saturated rings. The summed E-state index contributed by atoms with van der Waals surface area (Å²) < 4.78 is 38.9. The number of rotatable bonds is 9. The van der Waals surface area contributed by atoms with Gasteiger partial charge in [0.15, 0.2) is 16.6 Å². The van der Waals surface area contributed by atoms with E-state index in [1.807, 2.05) is 19.9 Å². The molecule has 0 saturated carbocycles. The molecular formula is C23H25N3O5S2. The molecular weight excluding hydrogens is 462 g/mol. The van der Waals surface area contributed by atoms with Gasteiger partial charge in [0, 0.05) is 19.2 Å². The van der Waals surface area contributed by atoms with Gasteiger partial charge in [-0.05, 0) is 54.8 Å². The number of nitrogens with zero attached hydrogens (tertiary/aromatic N) is 2. The van der Waals surface area contributed by atoms with Crippen LogP contribution < -0.4 is 14.8 Å². The quantitative estimate of drug-likeness (QED) is 0.447. The first-order valence-corrected chi connectivity index (χ1v) is 13.0. The number of carbonyl (C=O) groups excluding carboxylic acids is 1. The van der Waals surface area contributed by atoms with Crippen LogP contribution in [0.1, 0.15) is 32.3 Å². The number of nitrogens with one attached hydrogen (secondary N) is 1. The normalized spacial score (nSPS) is 13.3. The molecule has 0 saturated heterocycles. The van der Waals surface area contributed by atoms with Crippen molar-refractivity contribution in [1.82, 2.24) is 9.29 Å². The van der Waals surface area contributed by atoms with Crippen molar-refractivity contribution >= 4 is 48.7 Å². The van der Waals surface area contributed by atoms with Crippen LogP contribution in [-0.4, -0.2) is 43.5 Å². The number of aromatic nitrogens is 1. The van der Waals surface area contributed by atoms with Crippen LogP contribution in [0.15, 0.2) is 47.4 Å². The lowest BCUT2D eigenvalue weighted by Gasteiger charge is -2.20. The lowest BCUT2D eigenvalue weighted by Crippen LogP contribution is -2.32. The molecule has 1 N–H and O–H groups in total. The van der Waals surface area contributed by atoms with Gasteiger partial charge in [-0.1, -0.05) is 31.3 Å². The molecule has 8 nitrogen and oxygen atoms in total. The van der Waals surface area contributed by atoms with Crippen LogP contribution in [-0.2, 0) is 14.8 Å². The van der Waals surface area contributed by atoms with Gasteiger partial charge in [0.2, 0.25) is 22.7 Å². The minimum Gasteiger partial charge on any atom is -0.454 e. The van der Waals surface area contributed by atoms with Crippen LogP contribution in [0.2, 0.25) is 0 Å². The van der Waals surface area contributed by atoms with E-state index in [9.17, 15) is 13.2 Å². The zero-order chi connectivity index (χ0) is 23.4. The fourth-order valence-electron chi connectivity index (χ4n) is 3.45. The number of ether oxygens (including phenoxy) is 2. The molecule has 33 heavy (non-hydrogen) atoms. The molecule has 2 heterocycles. The molecule has 0 bridgehead atoms. The Bertz CT molecular complexity index is 1290. The van der Waals surface area contributed by atoms with Gasteiger partial charge in [-0.25, -0.2) is 13.4 Å². The lowest BCUT2D eigenvalue weighted by atomic mass is 10.2. The van der Waals surface area contributed by atoms with Gasteiger partial charge < -0.3 is 9.47 Å². The molecule has 0 atom stereocenters. The largest absolute Gasteiger partial charge is 0.454 e. The van der Waals surface area contributed by atoms with Gasteiger partial charge in [-0.3, -0.25) is 10.1 Å². The number of carbonyl (C=O) groups is 1. The molecule has 0 spiro atoms. The number of benzene rings is 2. The van der Waals surface area contributed by atoms with Gasteiger partial charge in [0.1, 0.15) is 0 Å². The predicted molar refractivity (Wildman–Crippen MR) is 129 cm³/mol. The average molecular weight is 488 g/mol. The maximum Gasteiger partial charge on any atom is 0.250 e. The minimum atomic E-state index is -3.58. The summed E-state index contributed by atoms with van der Waals surface area (Å²) in [6.07, 6.45) is 4.58. The molecule has 1 aliphatic heterocycles. The number of anilines is 1. The number of sulfonamides is 1. The summed E-state index contributed by atoms with van der Waals surface area (Å²) in [4.78, 5) is 17.0. The highest BCUT2D eigenvalue weighted by molar-refractivity contribution is 7.89. The summed E-state index contributed by atoms with van der Waals surface area (Å²) in [6, 6.07) is 10.3. The second-order valence-electron chi connectivity index (χ2n) is 7.49. The number of thiazole rings is 1. The van der Waals surface area contributed by atoms with E-state index in [2.05, 4.69) is 10.3 Å². The summed E-state index contributed by atoms with van der Waals surface area (Å²) in [7, 11) is -3.58. The summed E-state index contributed by atoms with van der Waals surface area (Å²) in [5.74, 6) is 0.988. The third-order valence-corrected chi connectivity index (χ3v) is 7.83. The van der Waals surface area contributed by atoms with E-state index in [0.717, 1.165) is 18.4 Å². The monoisotopic (exact) mass is 487 g/mol. The molecule has 0 radical (unpaired) electrons. The summed E-state index contributed by atoms with van der Waals surface area (Å²) in [6.45, 7) is 5.07. The van der Waals surface area contributed by atoms with Crippen LogP contribution >= 0.6 is 11.3 Å². The molecule has 174 valence electrons. The highest BCUT2D eigenvalue weighted by Gasteiger charge is 2.24. The first-order valence-electron chi connectivity index (χ1n) is 10.7. The van der Waals surface area contributed by atoms with Crippen molar-refractivity contribution in [3.63, 3.8) is 0 Å². The highest BCUT2D eigenvalue weighted by atomic mass is 32.2. The van der Waals surface area contributed by atoms with Crippen LogP contribution in [0, 0.1) is 0 Å². The second kappa shape index (κ2) is 9.90. The first kappa shape index (κ1) is 23.2. The molecule has 1 amide bonds. The molecule has 4 rings (SSSR count). The third kappa shape index (κ3) is 5.18. The zero-order valence-corrected chi connectivity index (χ0v) is 20.0. The molecule has 1 aromatic heterocycles. The van der Waals surface area contributed by atoms with Crippen molar-refractivity contribution in [1.29, 1.82) is 0 Å². The Morgan fingerprint density at radius 1 is 1.12 bits per heavy atom. The van der Waals surface area contributed by atoms with Crippen molar-refractivity contribution < 1.29 is 22.7 Å². The number of fused-ring (bicyclic) bond motifs is 2. The maximum absolute atomic E-state index is 13.0. The molecule has 2 aromatic carbocycles. The van der Waals surface area contributed by atoms with E-state index in [1.54, 1.807) is 36.4 Å². The molecule has 0 aliphatic carbocycles. The van der Waals surface area contributed by atoms with E-state index in [4.69, 9.17) is 9.47 Å². The van der Waals surface area contributed by atoms with Crippen LogP contribution in [0.25, 0.3) is 16.3 Å². The van der Waals surface area contributed by atoms with Crippen molar-refractivity contribution in [3.8, 4) is 11.5 Å². The standard InChI is InChI=1S/C23H25N3O5S2/c1-3-11-26(12-4-2)33(28,29)17-7-8-18-21(14-17)32-23(24-18)25-22(27)10-6-16-5-9-19-20(13-16)31-15-30-19/h5-10,13-14H,3-4,11-12,15H2,1-2H3,(H,24,25,27). The van der Waals surface area contributed by atoms with E-state index in [0.29, 0.717) is 39.9 Å². The van der Waals surface area contributed by atoms with Crippen molar-refractivity contribution in [2.45, 2.75) is 31.6 Å². The second-order valence-corrected chi connectivity index (χ2v) is 10.5. The Balaban J connectivity index is 1.48. The number of amides is 1. The van der Waals surface area contributed by atoms with E-state index >= 15 is 0 Å². The number of hydrogen-bond acceptors (Lipinski definition) is 7. The van der Waals surface area contributed by atoms with Gasteiger partial charge in [-0.15, -0.1) is 0 Å². The Kier molecular flexibility index (Phi) is 6.96. The fourth-order valence-corrected chi connectivity index (χ4v) is 6.09. The third-order valence-electron chi connectivity index (χ3n) is 5.00. The predicted octanol–water partition coefficient (Wildman–Crippen LogP) is 4.49. The molecule has 1 aliphatic rings. The van der Waals surface area contributed by atoms with Gasteiger partial charge in [0.25, 0.3) is 0 Å². The zero-order valence-electron chi connectivity index (χ0n) is 18.4. The van der Waals surface area contributed by atoms with Crippen LogP contribution in [0.3, 0.4) is 0 Å². The summed E-state index contributed by atoms with van der Waals surface area (Å²) in [5, 5.41) is 3.14. The molecule has 0 unspecified atom stereocenters. The van der Waals surface area contributed by atoms with E-state index in [1.165, 1.54) is 21.7 Å². The summed E-state index contributed by atoms with van der Waals surface area (Å²) >= 11 is 1.24. The highest BCUT2D eigenvalue weighted by Crippen LogP contribution is 2.33. The smallest absolute Gasteiger partial charge is 0.250 e.